The van der Waals surface area contributed by atoms with Gasteiger partial charge in [-0.1, -0.05) is 75.1 Å². The molecule has 0 spiro atoms. The second-order valence-corrected chi connectivity index (χ2v) is 6.72. The van der Waals surface area contributed by atoms with E-state index in [1.54, 1.807) is 0 Å². The maximum atomic E-state index is 12.7. The summed E-state index contributed by atoms with van der Waals surface area (Å²) in [5.41, 5.74) is 1.32. The minimum Gasteiger partial charge on any atom is -0.481 e. The molecule has 126 valence electrons. The summed E-state index contributed by atoms with van der Waals surface area (Å²) in [5, 5.41) is 0. The summed E-state index contributed by atoms with van der Waals surface area (Å²) in [6, 6.07) is 17.9. The van der Waals surface area contributed by atoms with Crippen molar-refractivity contribution in [2.75, 3.05) is 0 Å². The molecule has 0 aliphatic carbocycles. The van der Waals surface area contributed by atoms with Gasteiger partial charge in [-0.25, -0.2) is 0 Å². The van der Waals surface area contributed by atoms with Gasteiger partial charge in [0.1, 0.15) is 11.4 Å². The Labute approximate surface area is 144 Å². The lowest BCUT2D eigenvalue weighted by Crippen LogP contribution is -2.39. The van der Waals surface area contributed by atoms with Gasteiger partial charge in [0.05, 0.1) is 12.0 Å². The van der Waals surface area contributed by atoms with Gasteiger partial charge < -0.3 is 4.74 Å². The number of carbonyl (C=O) groups is 1. The fourth-order valence-corrected chi connectivity index (χ4v) is 3.59. The van der Waals surface area contributed by atoms with Crippen LogP contribution < -0.4 is 4.74 Å². The van der Waals surface area contributed by atoms with Crippen molar-refractivity contribution in [3.63, 3.8) is 0 Å². The minimum absolute atomic E-state index is 0.189. The summed E-state index contributed by atoms with van der Waals surface area (Å²) in [4.78, 5) is 12.7. The van der Waals surface area contributed by atoms with E-state index < -0.39 is 5.60 Å². The van der Waals surface area contributed by atoms with Crippen molar-refractivity contribution in [3.05, 3.63) is 65.7 Å². The average Bonchev–Trinajstić information content (AvgIpc) is 2.62. The second kappa shape index (κ2) is 7.65. The maximum Gasteiger partial charge on any atom is 0.170 e. The molecule has 3 rings (SSSR count). The molecule has 0 aromatic heterocycles. The fourth-order valence-electron chi connectivity index (χ4n) is 3.59. The normalized spacial score (nSPS) is 19.6. The van der Waals surface area contributed by atoms with Gasteiger partial charge >= 0.3 is 0 Å². The monoisotopic (exact) mass is 322 g/mol. The highest BCUT2D eigenvalue weighted by molar-refractivity contribution is 6.00. The van der Waals surface area contributed by atoms with Gasteiger partial charge in [0.15, 0.2) is 5.78 Å². The molecule has 0 radical (unpaired) electrons. The smallest absolute Gasteiger partial charge is 0.170 e. The van der Waals surface area contributed by atoms with Crippen molar-refractivity contribution in [2.45, 2.75) is 57.5 Å². The van der Waals surface area contributed by atoms with Crippen LogP contribution in [0.15, 0.2) is 54.6 Å². The van der Waals surface area contributed by atoms with Crippen LogP contribution in [0.4, 0.5) is 0 Å². The van der Waals surface area contributed by atoms with Crippen molar-refractivity contribution >= 4 is 5.78 Å². The molecule has 0 bridgehead atoms. The largest absolute Gasteiger partial charge is 0.481 e. The molecular formula is C22H26O2. The number of hydrogen-bond donors (Lipinski definition) is 0. The molecule has 1 aliphatic heterocycles. The van der Waals surface area contributed by atoms with E-state index in [0.717, 1.165) is 29.7 Å². The van der Waals surface area contributed by atoms with Gasteiger partial charge in [-0.2, -0.15) is 0 Å². The molecular weight excluding hydrogens is 296 g/mol. The zero-order valence-electron chi connectivity index (χ0n) is 14.5. The Hall–Kier alpha value is -2.09. The summed E-state index contributed by atoms with van der Waals surface area (Å²) in [6.45, 7) is 2.23. The molecule has 1 atom stereocenters. The molecule has 24 heavy (non-hydrogen) atoms. The number of ketones is 1. The summed E-state index contributed by atoms with van der Waals surface area (Å²) < 4.78 is 6.46. The zero-order chi connectivity index (χ0) is 16.8. The van der Waals surface area contributed by atoms with Crippen molar-refractivity contribution in [1.82, 2.24) is 0 Å². The molecule has 0 fully saturated rings. The van der Waals surface area contributed by atoms with Crippen LogP contribution in [0, 0.1) is 0 Å². The minimum atomic E-state index is -0.515. The van der Waals surface area contributed by atoms with Crippen LogP contribution >= 0.6 is 0 Å². The van der Waals surface area contributed by atoms with Crippen molar-refractivity contribution in [2.24, 2.45) is 0 Å². The number of rotatable bonds is 7. The predicted octanol–water partition coefficient (Wildman–Crippen LogP) is 5.91. The third-order valence-electron chi connectivity index (χ3n) is 4.92. The molecule has 0 saturated heterocycles. The lowest BCUT2D eigenvalue weighted by molar-refractivity contribution is 0.0296. The molecule has 2 aromatic rings. The highest BCUT2D eigenvalue weighted by Crippen LogP contribution is 2.42. The summed E-state index contributed by atoms with van der Waals surface area (Å²) in [6.07, 6.45) is 7.38. The van der Waals surface area contributed by atoms with Gasteiger partial charge in [-0.3, -0.25) is 4.79 Å². The highest BCUT2D eigenvalue weighted by atomic mass is 16.5. The lowest BCUT2D eigenvalue weighted by Gasteiger charge is -2.38. The molecule has 0 saturated carbocycles. The third-order valence-corrected chi connectivity index (χ3v) is 4.92. The predicted molar refractivity (Wildman–Crippen MR) is 97.5 cm³/mol. The van der Waals surface area contributed by atoms with Crippen LogP contribution in [0.25, 0.3) is 0 Å². The fraction of sp³-hybridized carbons (Fsp3) is 0.409. The van der Waals surface area contributed by atoms with Gasteiger partial charge in [-0.05, 0) is 30.5 Å². The summed E-state index contributed by atoms with van der Waals surface area (Å²) in [7, 11) is 0. The number of ether oxygens (including phenoxy) is 1. The van der Waals surface area contributed by atoms with Crippen molar-refractivity contribution in [3.8, 4) is 5.75 Å². The Balaban J connectivity index is 1.85. The summed E-state index contributed by atoms with van der Waals surface area (Å²) >= 11 is 0. The van der Waals surface area contributed by atoms with E-state index in [1.807, 2.05) is 42.5 Å². The molecule has 1 unspecified atom stereocenters. The Bertz CT molecular complexity index is 677. The van der Waals surface area contributed by atoms with Gasteiger partial charge in [-0.15, -0.1) is 0 Å². The lowest BCUT2D eigenvalue weighted by atomic mass is 9.80. The van der Waals surface area contributed by atoms with E-state index in [-0.39, 0.29) is 5.78 Å². The van der Waals surface area contributed by atoms with Gasteiger partial charge in [0.25, 0.3) is 0 Å². The standard InChI is InChI=1S/C22H26O2/c1-2-3-4-5-11-16-22(18-12-7-6-8-13-18)17-20(23)19-14-9-10-15-21(19)24-22/h6-10,12-15H,2-5,11,16-17H2,1H3. The third kappa shape index (κ3) is 3.53. The highest BCUT2D eigenvalue weighted by Gasteiger charge is 2.41. The molecule has 2 heteroatoms. The van der Waals surface area contributed by atoms with Gasteiger partial charge in [0, 0.05) is 0 Å². The first-order valence-corrected chi connectivity index (χ1v) is 9.12. The van der Waals surface area contributed by atoms with Crippen LogP contribution in [0.2, 0.25) is 0 Å². The molecule has 0 amide bonds. The molecule has 1 aliphatic rings. The van der Waals surface area contributed by atoms with E-state index in [9.17, 15) is 4.79 Å². The number of Topliss-reactive ketones (excluding diaryl/α,β-unsaturated/α-hetero) is 1. The second-order valence-electron chi connectivity index (χ2n) is 6.72. The Morgan fingerprint density at radius 1 is 0.917 bits per heavy atom. The van der Waals surface area contributed by atoms with Crippen LogP contribution in [0.5, 0.6) is 5.75 Å². The van der Waals surface area contributed by atoms with E-state index in [1.165, 1.54) is 25.7 Å². The SMILES string of the molecule is CCCCCCCC1(c2ccccc2)CC(=O)c2ccccc2O1. The van der Waals surface area contributed by atoms with Crippen LogP contribution in [0.3, 0.4) is 0 Å². The quantitative estimate of drug-likeness (QED) is 0.592. The number of hydrogen-bond acceptors (Lipinski definition) is 2. The van der Waals surface area contributed by atoms with Crippen LogP contribution in [0.1, 0.15) is 67.8 Å². The number of para-hydroxylation sites is 1. The topological polar surface area (TPSA) is 26.3 Å². The van der Waals surface area contributed by atoms with Crippen molar-refractivity contribution < 1.29 is 9.53 Å². The molecule has 2 nitrogen and oxygen atoms in total. The molecule has 0 N–H and O–H groups in total. The average molecular weight is 322 g/mol. The molecule has 1 heterocycles. The Morgan fingerprint density at radius 3 is 2.42 bits per heavy atom. The number of carbonyl (C=O) groups excluding carboxylic acids is 1. The van der Waals surface area contributed by atoms with E-state index in [0.29, 0.717) is 6.42 Å². The number of fused-ring (bicyclic) bond motifs is 1. The van der Waals surface area contributed by atoms with Crippen LogP contribution in [-0.2, 0) is 5.60 Å². The van der Waals surface area contributed by atoms with Crippen LogP contribution in [-0.4, -0.2) is 5.78 Å². The Morgan fingerprint density at radius 2 is 1.62 bits per heavy atom. The Kier molecular flexibility index (Phi) is 5.34. The number of benzene rings is 2. The van der Waals surface area contributed by atoms with E-state index >= 15 is 0 Å². The first-order chi connectivity index (χ1) is 11.7. The van der Waals surface area contributed by atoms with E-state index in [2.05, 4.69) is 19.1 Å². The first kappa shape index (κ1) is 16.8. The van der Waals surface area contributed by atoms with Gasteiger partial charge in [0.2, 0.25) is 0 Å². The molecule has 2 aromatic carbocycles. The number of unbranched alkanes of at least 4 members (excludes halogenated alkanes) is 4. The summed E-state index contributed by atoms with van der Waals surface area (Å²) in [5.74, 6) is 0.917. The first-order valence-electron chi connectivity index (χ1n) is 9.12. The maximum absolute atomic E-state index is 12.7. The zero-order valence-corrected chi connectivity index (χ0v) is 14.5. The van der Waals surface area contributed by atoms with Crippen molar-refractivity contribution in [1.29, 1.82) is 0 Å². The van der Waals surface area contributed by atoms with E-state index in [4.69, 9.17) is 4.74 Å².